The SMILES string of the molecule is CNC(=O)c1nc(NC(=O)c2cc(F)cc(C(F)(F)F)c2)c2n1CC(=O)N[C@H]2c1cc(F)ccc1Cl. The number of amides is 3. The molecule has 0 unspecified atom stereocenters. The number of alkyl halides is 3. The van der Waals surface area contributed by atoms with Crippen LogP contribution in [-0.2, 0) is 17.5 Å². The number of hydrogen-bond acceptors (Lipinski definition) is 4. The van der Waals surface area contributed by atoms with E-state index in [2.05, 4.69) is 20.9 Å². The van der Waals surface area contributed by atoms with Crippen LogP contribution in [-0.4, -0.2) is 34.3 Å². The van der Waals surface area contributed by atoms with Gasteiger partial charge < -0.3 is 20.5 Å². The van der Waals surface area contributed by atoms with Crippen molar-refractivity contribution >= 4 is 35.1 Å². The predicted octanol–water partition coefficient (Wildman–Crippen LogP) is 3.66. The number of rotatable bonds is 4. The summed E-state index contributed by atoms with van der Waals surface area (Å²) in [6.07, 6.45) is -4.92. The molecule has 1 aromatic heterocycles. The van der Waals surface area contributed by atoms with Crippen LogP contribution in [0.3, 0.4) is 0 Å². The molecule has 14 heteroatoms. The second-order valence-electron chi connectivity index (χ2n) is 7.68. The molecule has 1 aliphatic rings. The van der Waals surface area contributed by atoms with E-state index < -0.39 is 59.2 Å². The zero-order chi connectivity index (χ0) is 26.4. The average Bonchev–Trinajstić information content (AvgIpc) is 3.16. The van der Waals surface area contributed by atoms with Crippen molar-refractivity contribution in [2.24, 2.45) is 0 Å². The van der Waals surface area contributed by atoms with Gasteiger partial charge in [-0.2, -0.15) is 13.2 Å². The third-order valence-corrected chi connectivity index (χ3v) is 5.65. The topological polar surface area (TPSA) is 105 Å². The minimum atomic E-state index is -4.92. The summed E-state index contributed by atoms with van der Waals surface area (Å²) < 4.78 is 68.3. The third kappa shape index (κ3) is 4.73. The van der Waals surface area contributed by atoms with Gasteiger partial charge in [0.1, 0.15) is 18.2 Å². The van der Waals surface area contributed by atoms with Gasteiger partial charge in [-0.15, -0.1) is 0 Å². The molecule has 2 aromatic carbocycles. The summed E-state index contributed by atoms with van der Waals surface area (Å²) in [5.41, 5.74) is -2.00. The maximum Gasteiger partial charge on any atom is 0.416 e. The second kappa shape index (κ2) is 9.22. The van der Waals surface area contributed by atoms with Crippen molar-refractivity contribution in [2.75, 3.05) is 12.4 Å². The Kier molecular flexibility index (Phi) is 6.43. The first-order valence-corrected chi connectivity index (χ1v) is 10.5. The smallest absolute Gasteiger partial charge is 0.352 e. The summed E-state index contributed by atoms with van der Waals surface area (Å²) >= 11 is 6.21. The van der Waals surface area contributed by atoms with Gasteiger partial charge in [-0.3, -0.25) is 14.4 Å². The fourth-order valence-corrected chi connectivity index (χ4v) is 3.97. The molecule has 0 spiro atoms. The molecule has 0 aliphatic carbocycles. The van der Waals surface area contributed by atoms with Crippen LogP contribution in [0.25, 0.3) is 0 Å². The lowest BCUT2D eigenvalue weighted by molar-refractivity contribution is -0.137. The van der Waals surface area contributed by atoms with Crippen molar-refractivity contribution in [2.45, 2.75) is 18.8 Å². The summed E-state index contributed by atoms with van der Waals surface area (Å²) in [6, 6.07) is 3.42. The van der Waals surface area contributed by atoms with E-state index >= 15 is 0 Å². The number of nitrogens with zero attached hydrogens (tertiary/aromatic N) is 2. The van der Waals surface area contributed by atoms with Crippen LogP contribution in [0, 0.1) is 11.6 Å². The van der Waals surface area contributed by atoms with Crippen LogP contribution in [0.1, 0.15) is 43.8 Å². The monoisotopic (exact) mass is 527 g/mol. The molecule has 4 rings (SSSR count). The molecule has 3 aromatic rings. The highest BCUT2D eigenvalue weighted by Crippen LogP contribution is 2.36. The first-order valence-electron chi connectivity index (χ1n) is 10.1. The molecule has 1 aliphatic heterocycles. The number of imidazole rings is 1. The van der Waals surface area contributed by atoms with Gasteiger partial charge in [0.2, 0.25) is 11.7 Å². The molecule has 188 valence electrons. The molecule has 0 bridgehead atoms. The number of carbonyl (C=O) groups excluding carboxylic acids is 3. The van der Waals surface area contributed by atoms with E-state index in [1.807, 2.05) is 0 Å². The van der Waals surface area contributed by atoms with Crippen LogP contribution in [0.4, 0.5) is 27.8 Å². The van der Waals surface area contributed by atoms with E-state index in [0.717, 1.165) is 16.7 Å². The quantitative estimate of drug-likeness (QED) is 0.450. The highest BCUT2D eigenvalue weighted by atomic mass is 35.5. The molecule has 3 N–H and O–H groups in total. The molecule has 36 heavy (non-hydrogen) atoms. The molecule has 8 nitrogen and oxygen atoms in total. The van der Waals surface area contributed by atoms with E-state index in [-0.39, 0.29) is 34.0 Å². The van der Waals surface area contributed by atoms with Gasteiger partial charge in [0.25, 0.3) is 11.8 Å². The molecular weight excluding hydrogens is 513 g/mol. The van der Waals surface area contributed by atoms with Crippen molar-refractivity contribution in [1.29, 1.82) is 0 Å². The maximum atomic E-state index is 14.0. The number of hydrogen-bond donors (Lipinski definition) is 3. The lowest BCUT2D eigenvalue weighted by atomic mass is 10.0. The highest BCUT2D eigenvalue weighted by molar-refractivity contribution is 6.31. The van der Waals surface area contributed by atoms with Gasteiger partial charge in [0.05, 0.1) is 17.3 Å². The second-order valence-corrected chi connectivity index (χ2v) is 8.09. The number of anilines is 1. The van der Waals surface area contributed by atoms with Crippen LogP contribution < -0.4 is 16.0 Å². The van der Waals surface area contributed by atoms with Crippen LogP contribution in [0.5, 0.6) is 0 Å². The average molecular weight is 528 g/mol. The van der Waals surface area contributed by atoms with E-state index in [4.69, 9.17) is 11.6 Å². The number of nitrogens with one attached hydrogen (secondary N) is 3. The van der Waals surface area contributed by atoms with Gasteiger partial charge in [0, 0.05) is 23.2 Å². The summed E-state index contributed by atoms with van der Waals surface area (Å²) in [6.45, 7) is -0.414. The lowest BCUT2D eigenvalue weighted by Crippen LogP contribution is -2.41. The first kappa shape index (κ1) is 25.1. The van der Waals surface area contributed by atoms with Crippen molar-refractivity contribution in [3.8, 4) is 0 Å². The van der Waals surface area contributed by atoms with Crippen LogP contribution in [0.2, 0.25) is 5.02 Å². The normalized spacial score (nSPS) is 15.2. The Morgan fingerprint density at radius 1 is 1.11 bits per heavy atom. The molecule has 1 atom stereocenters. The number of benzene rings is 2. The number of fused-ring (bicyclic) bond motifs is 1. The van der Waals surface area contributed by atoms with Gasteiger partial charge in [-0.25, -0.2) is 13.8 Å². The van der Waals surface area contributed by atoms with E-state index in [1.165, 1.54) is 13.1 Å². The summed E-state index contributed by atoms with van der Waals surface area (Å²) in [7, 11) is 1.29. The van der Waals surface area contributed by atoms with E-state index in [1.54, 1.807) is 0 Å². The molecule has 0 saturated carbocycles. The fraction of sp³-hybridized carbons (Fsp3) is 0.182. The molecule has 3 amide bonds. The zero-order valence-corrected chi connectivity index (χ0v) is 18.9. The van der Waals surface area contributed by atoms with Crippen molar-refractivity contribution < 1.29 is 36.3 Å². The first-order chi connectivity index (χ1) is 16.9. The van der Waals surface area contributed by atoms with Gasteiger partial charge >= 0.3 is 6.18 Å². The standard InChI is InChI=1S/C22H15ClF5N5O3/c1-29-21(36)19-31-18(32-20(35)9-4-10(22(26,27)28)6-12(25)5-9)17-16(30-15(34)8-33(17)19)13-7-11(24)2-3-14(13)23/h2-7,16H,8H2,1H3,(H,29,36)(H,30,34)(H,32,35)/t16-/m0/s1. The summed E-state index contributed by atoms with van der Waals surface area (Å²) in [4.78, 5) is 41.8. The largest absolute Gasteiger partial charge is 0.416 e. The number of carbonyl (C=O) groups is 3. The van der Waals surface area contributed by atoms with Gasteiger partial charge in [-0.1, -0.05) is 11.6 Å². The fourth-order valence-electron chi connectivity index (χ4n) is 3.74. The van der Waals surface area contributed by atoms with Crippen molar-refractivity contribution in [3.05, 3.63) is 81.3 Å². The van der Waals surface area contributed by atoms with Gasteiger partial charge in [-0.05, 0) is 36.4 Å². The molecule has 0 radical (unpaired) electrons. The Morgan fingerprint density at radius 2 is 1.83 bits per heavy atom. The molecule has 0 saturated heterocycles. The highest BCUT2D eigenvalue weighted by Gasteiger charge is 2.36. The molecule has 0 fully saturated rings. The maximum absolute atomic E-state index is 14.0. The Balaban J connectivity index is 1.84. The van der Waals surface area contributed by atoms with E-state index in [0.29, 0.717) is 12.1 Å². The molecular formula is C22H15ClF5N5O3. The number of halogens is 6. The third-order valence-electron chi connectivity index (χ3n) is 5.31. The Labute approximate surface area is 204 Å². The van der Waals surface area contributed by atoms with Crippen molar-refractivity contribution in [3.63, 3.8) is 0 Å². The predicted molar refractivity (Wildman–Crippen MR) is 116 cm³/mol. The van der Waals surface area contributed by atoms with Crippen LogP contribution >= 0.6 is 11.6 Å². The van der Waals surface area contributed by atoms with Crippen molar-refractivity contribution in [1.82, 2.24) is 20.2 Å². The Bertz CT molecular complexity index is 1410. The summed E-state index contributed by atoms with van der Waals surface area (Å²) in [5.74, 6) is -5.16. The number of aromatic nitrogens is 2. The lowest BCUT2D eigenvalue weighted by Gasteiger charge is -2.28. The Hall–Kier alpha value is -4.00. The summed E-state index contributed by atoms with van der Waals surface area (Å²) in [5, 5.41) is 7.20. The Morgan fingerprint density at radius 3 is 2.50 bits per heavy atom. The molecule has 2 heterocycles. The van der Waals surface area contributed by atoms with Crippen LogP contribution in [0.15, 0.2) is 36.4 Å². The zero-order valence-electron chi connectivity index (χ0n) is 18.1. The van der Waals surface area contributed by atoms with Gasteiger partial charge in [0.15, 0.2) is 5.82 Å². The van der Waals surface area contributed by atoms with E-state index in [9.17, 15) is 36.3 Å². The minimum absolute atomic E-state index is 0.00139. The minimum Gasteiger partial charge on any atom is -0.352 e.